The number of aromatic nitrogens is 1. The van der Waals surface area contributed by atoms with Gasteiger partial charge in [-0.2, -0.15) is 0 Å². The van der Waals surface area contributed by atoms with E-state index in [2.05, 4.69) is 10.3 Å². The summed E-state index contributed by atoms with van der Waals surface area (Å²) < 4.78 is 0. The van der Waals surface area contributed by atoms with E-state index in [4.69, 9.17) is 0 Å². The fourth-order valence-electron chi connectivity index (χ4n) is 2.61. The molecule has 0 bridgehead atoms. The van der Waals surface area contributed by atoms with E-state index in [1.54, 1.807) is 16.2 Å². The van der Waals surface area contributed by atoms with E-state index in [1.807, 2.05) is 43.7 Å². The van der Waals surface area contributed by atoms with Gasteiger partial charge in [0, 0.05) is 23.9 Å². The molecule has 1 N–H and O–H groups in total. The summed E-state index contributed by atoms with van der Waals surface area (Å²) in [5.41, 5.74) is 0.624. The van der Waals surface area contributed by atoms with E-state index < -0.39 is 0 Å². The number of carbonyl (C=O) groups excluding carboxylic acids is 2. The molecule has 0 radical (unpaired) electrons. The highest BCUT2D eigenvalue weighted by Crippen LogP contribution is 2.30. The zero-order valence-electron chi connectivity index (χ0n) is 13.3. The molecule has 0 spiro atoms. The SMILES string of the molecule is CC(C)(C)N1CC(C(=O)Nc2nc(-c3cccs3)cs2)CC1=O. The first-order valence-electron chi connectivity index (χ1n) is 7.45. The standard InChI is InChI=1S/C16H19N3O2S2/c1-16(2,3)19-8-10(7-13(19)20)14(21)18-15-17-11(9-23-15)12-5-4-6-22-12/h4-6,9-10H,7-8H2,1-3H3,(H,17,18,21). The zero-order valence-corrected chi connectivity index (χ0v) is 15.0. The van der Waals surface area contributed by atoms with E-state index in [9.17, 15) is 9.59 Å². The van der Waals surface area contributed by atoms with E-state index in [-0.39, 0.29) is 29.7 Å². The van der Waals surface area contributed by atoms with Gasteiger partial charge in [0.05, 0.1) is 16.5 Å². The van der Waals surface area contributed by atoms with Gasteiger partial charge in [0.15, 0.2) is 5.13 Å². The normalized spacial score (nSPS) is 18.5. The maximum absolute atomic E-state index is 12.4. The first kappa shape index (κ1) is 16.1. The predicted molar refractivity (Wildman–Crippen MR) is 93.6 cm³/mol. The quantitative estimate of drug-likeness (QED) is 0.923. The highest BCUT2D eigenvalue weighted by Gasteiger charge is 2.39. The molecule has 1 unspecified atom stereocenters. The summed E-state index contributed by atoms with van der Waals surface area (Å²) >= 11 is 3.02. The molecule has 3 rings (SSSR count). The molecule has 1 atom stereocenters. The minimum absolute atomic E-state index is 0.0380. The molecule has 0 aromatic carbocycles. The summed E-state index contributed by atoms with van der Waals surface area (Å²) in [6.07, 6.45) is 0.270. The summed E-state index contributed by atoms with van der Waals surface area (Å²) in [6.45, 7) is 6.43. The molecule has 23 heavy (non-hydrogen) atoms. The van der Waals surface area contributed by atoms with Gasteiger partial charge >= 0.3 is 0 Å². The van der Waals surface area contributed by atoms with Gasteiger partial charge < -0.3 is 10.2 Å². The molecule has 3 heterocycles. The van der Waals surface area contributed by atoms with Crippen molar-refractivity contribution < 1.29 is 9.59 Å². The third-order valence-corrected chi connectivity index (χ3v) is 5.46. The van der Waals surface area contributed by atoms with Crippen LogP contribution in [0.2, 0.25) is 0 Å². The maximum atomic E-state index is 12.4. The molecule has 1 saturated heterocycles. The van der Waals surface area contributed by atoms with Crippen LogP contribution in [0.5, 0.6) is 0 Å². The Kier molecular flexibility index (Phi) is 4.25. The van der Waals surface area contributed by atoms with Gasteiger partial charge in [-0.3, -0.25) is 9.59 Å². The fourth-order valence-corrected chi connectivity index (χ4v) is 4.08. The van der Waals surface area contributed by atoms with Crippen LogP contribution in [-0.2, 0) is 9.59 Å². The van der Waals surface area contributed by atoms with Gasteiger partial charge in [-0.05, 0) is 32.2 Å². The molecular formula is C16H19N3O2S2. The van der Waals surface area contributed by atoms with Crippen molar-refractivity contribution in [3.8, 4) is 10.6 Å². The number of nitrogens with zero attached hydrogens (tertiary/aromatic N) is 2. The van der Waals surface area contributed by atoms with Crippen molar-refractivity contribution in [1.82, 2.24) is 9.88 Å². The van der Waals surface area contributed by atoms with Crippen molar-refractivity contribution in [2.45, 2.75) is 32.7 Å². The number of carbonyl (C=O) groups is 2. The van der Waals surface area contributed by atoms with Gasteiger partial charge in [-0.1, -0.05) is 6.07 Å². The van der Waals surface area contributed by atoms with Crippen LogP contribution in [0.3, 0.4) is 0 Å². The number of likely N-dealkylation sites (tertiary alicyclic amines) is 1. The largest absolute Gasteiger partial charge is 0.337 e. The molecule has 2 aromatic heterocycles. The molecule has 0 aliphatic carbocycles. The Morgan fingerprint density at radius 2 is 2.17 bits per heavy atom. The van der Waals surface area contributed by atoms with Crippen LogP contribution in [0.15, 0.2) is 22.9 Å². The van der Waals surface area contributed by atoms with Crippen LogP contribution >= 0.6 is 22.7 Å². The van der Waals surface area contributed by atoms with Crippen LogP contribution in [0.1, 0.15) is 27.2 Å². The number of thiazole rings is 1. The molecule has 122 valence electrons. The first-order valence-corrected chi connectivity index (χ1v) is 9.21. The molecule has 7 heteroatoms. The maximum Gasteiger partial charge on any atom is 0.231 e. The van der Waals surface area contributed by atoms with Gasteiger partial charge in [0.2, 0.25) is 11.8 Å². The molecule has 1 aliphatic rings. The summed E-state index contributed by atoms with van der Waals surface area (Å²) in [5, 5.41) is 7.37. The molecule has 2 amide bonds. The number of hydrogen-bond acceptors (Lipinski definition) is 5. The van der Waals surface area contributed by atoms with Crippen molar-refractivity contribution in [2.24, 2.45) is 5.92 Å². The molecular weight excluding hydrogens is 330 g/mol. The van der Waals surface area contributed by atoms with Crippen molar-refractivity contribution in [3.05, 3.63) is 22.9 Å². The van der Waals surface area contributed by atoms with Gasteiger partial charge in [-0.25, -0.2) is 4.98 Å². The van der Waals surface area contributed by atoms with Crippen molar-refractivity contribution >= 4 is 39.6 Å². The van der Waals surface area contributed by atoms with Crippen LogP contribution in [-0.4, -0.2) is 33.8 Å². The lowest BCUT2D eigenvalue weighted by Gasteiger charge is -2.31. The zero-order chi connectivity index (χ0) is 16.6. The Labute approximate surface area is 143 Å². The smallest absolute Gasteiger partial charge is 0.231 e. The first-order chi connectivity index (χ1) is 10.8. The Morgan fingerprint density at radius 1 is 1.39 bits per heavy atom. The number of anilines is 1. The second kappa shape index (κ2) is 6.05. The van der Waals surface area contributed by atoms with E-state index in [1.165, 1.54) is 11.3 Å². The van der Waals surface area contributed by atoms with Crippen molar-refractivity contribution in [2.75, 3.05) is 11.9 Å². The molecule has 2 aromatic rings. The van der Waals surface area contributed by atoms with E-state index >= 15 is 0 Å². The van der Waals surface area contributed by atoms with Gasteiger partial charge in [-0.15, -0.1) is 22.7 Å². The van der Waals surface area contributed by atoms with Crippen LogP contribution in [0.25, 0.3) is 10.6 Å². The summed E-state index contributed by atoms with van der Waals surface area (Å²) in [4.78, 5) is 31.8. The topological polar surface area (TPSA) is 62.3 Å². The number of rotatable bonds is 3. The van der Waals surface area contributed by atoms with Crippen molar-refractivity contribution in [1.29, 1.82) is 0 Å². The average molecular weight is 349 g/mol. The highest BCUT2D eigenvalue weighted by molar-refractivity contribution is 7.16. The summed E-state index contributed by atoms with van der Waals surface area (Å²) in [5.74, 6) is -0.399. The lowest BCUT2D eigenvalue weighted by molar-refractivity contribution is -0.131. The minimum atomic E-state index is -0.309. The third kappa shape index (κ3) is 3.45. The molecule has 1 fully saturated rings. The summed E-state index contributed by atoms with van der Waals surface area (Å²) in [7, 11) is 0. The monoisotopic (exact) mass is 349 g/mol. The Hall–Kier alpha value is -1.73. The summed E-state index contributed by atoms with van der Waals surface area (Å²) in [6, 6.07) is 3.98. The van der Waals surface area contributed by atoms with Gasteiger partial charge in [0.1, 0.15) is 0 Å². The van der Waals surface area contributed by atoms with E-state index in [0.717, 1.165) is 10.6 Å². The average Bonchev–Trinajstić information content (AvgIpc) is 3.15. The molecule has 0 saturated carbocycles. The minimum Gasteiger partial charge on any atom is -0.337 e. The Balaban J connectivity index is 1.65. The second-order valence-corrected chi connectivity index (χ2v) is 8.39. The fraction of sp³-hybridized carbons (Fsp3) is 0.438. The number of hydrogen-bond donors (Lipinski definition) is 1. The lowest BCUT2D eigenvalue weighted by Crippen LogP contribution is -2.42. The lowest BCUT2D eigenvalue weighted by atomic mass is 10.1. The number of nitrogens with one attached hydrogen (secondary N) is 1. The Morgan fingerprint density at radius 3 is 2.78 bits per heavy atom. The predicted octanol–water partition coefficient (Wildman–Crippen LogP) is 3.46. The van der Waals surface area contributed by atoms with Gasteiger partial charge in [0.25, 0.3) is 0 Å². The number of amides is 2. The van der Waals surface area contributed by atoms with Crippen molar-refractivity contribution in [3.63, 3.8) is 0 Å². The Bertz CT molecular complexity index is 716. The van der Waals surface area contributed by atoms with Crippen LogP contribution in [0, 0.1) is 5.92 Å². The van der Waals surface area contributed by atoms with Crippen LogP contribution in [0.4, 0.5) is 5.13 Å². The second-order valence-electron chi connectivity index (χ2n) is 6.58. The number of thiophene rings is 1. The third-order valence-electron chi connectivity index (χ3n) is 3.81. The highest BCUT2D eigenvalue weighted by atomic mass is 32.1. The molecule has 1 aliphatic heterocycles. The van der Waals surface area contributed by atoms with Crippen LogP contribution < -0.4 is 5.32 Å². The van der Waals surface area contributed by atoms with E-state index in [0.29, 0.717) is 11.7 Å². The molecule has 5 nitrogen and oxygen atoms in total.